The van der Waals surface area contributed by atoms with Gasteiger partial charge in [-0.1, -0.05) is 5.57 Å². The van der Waals surface area contributed by atoms with Gasteiger partial charge in [-0.3, -0.25) is 0 Å². The van der Waals surface area contributed by atoms with Gasteiger partial charge in [0.15, 0.2) is 0 Å². The third-order valence-corrected chi connectivity index (χ3v) is 0.846. The molecule has 0 aliphatic heterocycles. The van der Waals surface area contributed by atoms with Crippen molar-refractivity contribution in [2.45, 2.75) is 20.3 Å². The lowest BCUT2D eigenvalue weighted by Crippen LogP contribution is -2.06. The van der Waals surface area contributed by atoms with Crippen molar-refractivity contribution in [3.05, 3.63) is 11.6 Å². The van der Waals surface area contributed by atoms with Crippen LogP contribution in [0.2, 0.25) is 0 Å². The van der Waals surface area contributed by atoms with Crippen LogP contribution in [0.4, 0.5) is 8.78 Å². The number of hydrogen-bond donors (Lipinski definition) is 0. The molecule has 11 heavy (non-hydrogen) atoms. The lowest BCUT2D eigenvalue weighted by molar-refractivity contribution is 0.226. The zero-order chi connectivity index (χ0) is 8.85. The first-order valence-electron chi connectivity index (χ1n) is 3.04. The van der Waals surface area contributed by atoms with E-state index in [9.17, 15) is 8.78 Å². The number of rotatable bonds is 3. The zero-order valence-electron chi connectivity index (χ0n) is 6.51. The molecular formula is C7H10F2N2. The Morgan fingerprint density at radius 2 is 2.00 bits per heavy atom. The summed E-state index contributed by atoms with van der Waals surface area (Å²) < 4.78 is 24.0. The Morgan fingerprint density at radius 1 is 1.45 bits per heavy atom. The van der Waals surface area contributed by atoms with Crippen molar-refractivity contribution in [2.75, 3.05) is 0 Å². The molecule has 0 aromatic carbocycles. The van der Waals surface area contributed by atoms with Crippen molar-refractivity contribution < 1.29 is 8.78 Å². The number of hydrogen-bond acceptors (Lipinski definition) is 2. The molecule has 0 saturated carbocycles. The van der Waals surface area contributed by atoms with Crippen LogP contribution < -0.4 is 0 Å². The first-order valence-corrected chi connectivity index (χ1v) is 3.04. The summed E-state index contributed by atoms with van der Waals surface area (Å²) in [7, 11) is 0. The normalized spacial score (nSPS) is 11.5. The molecule has 0 saturated heterocycles. The Morgan fingerprint density at radius 3 is 2.27 bits per heavy atom. The largest absolute Gasteiger partial charge is 0.282 e. The highest BCUT2D eigenvalue weighted by Crippen LogP contribution is 2.01. The summed E-state index contributed by atoms with van der Waals surface area (Å²) in [6.45, 7) is 6.41. The van der Waals surface area contributed by atoms with Crippen LogP contribution in [-0.2, 0) is 0 Å². The van der Waals surface area contributed by atoms with E-state index in [1.165, 1.54) is 6.08 Å². The molecule has 0 aliphatic rings. The van der Waals surface area contributed by atoms with Crippen molar-refractivity contribution in [3.63, 3.8) is 0 Å². The zero-order valence-corrected chi connectivity index (χ0v) is 6.51. The van der Waals surface area contributed by atoms with E-state index in [2.05, 4.69) is 16.9 Å². The fourth-order valence-corrected chi connectivity index (χ4v) is 0.513. The lowest BCUT2D eigenvalue weighted by atomic mass is 10.2. The highest BCUT2D eigenvalue weighted by molar-refractivity contribution is 5.97. The predicted octanol–water partition coefficient (Wildman–Crippen LogP) is 2.27. The molecule has 2 nitrogen and oxygen atoms in total. The van der Waals surface area contributed by atoms with E-state index in [0.717, 1.165) is 5.57 Å². The average Bonchev–Trinajstić information content (AvgIpc) is 1.86. The molecule has 0 heterocycles. The molecule has 0 atom stereocenters. The molecule has 0 fully saturated rings. The molecule has 0 spiro atoms. The minimum absolute atomic E-state index is 0.347. The first kappa shape index (κ1) is 9.94. The van der Waals surface area contributed by atoms with Gasteiger partial charge < -0.3 is 0 Å². The van der Waals surface area contributed by atoms with Gasteiger partial charge in [0.2, 0.25) is 0 Å². The van der Waals surface area contributed by atoms with Crippen LogP contribution in [0.5, 0.6) is 0 Å². The number of allylic oxidation sites excluding steroid dienone is 2. The third kappa shape index (κ3) is 4.36. The summed E-state index contributed by atoms with van der Waals surface area (Å²) in [5.41, 5.74) is 0.410. The van der Waals surface area contributed by atoms with Crippen LogP contribution >= 0.6 is 0 Å². The van der Waals surface area contributed by atoms with Crippen molar-refractivity contribution in [3.8, 4) is 0 Å². The molecule has 0 radical (unpaired) electrons. The smallest absolute Gasteiger partial charge is 0.203 e. The van der Waals surface area contributed by atoms with Crippen molar-refractivity contribution >= 4 is 12.4 Å². The van der Waals surface area contributed by atoms with Gasteiger partial charge in [-0.05, 0) is 19.9 Å². The maximum absolute atomic E-state index is 12.0. The first-order chi connectivity index (χ1) is 5.07. The Bertz CT molecular complexity index is 191. The van der Waals surface area contributed by atoms with Gasteiger partial charge in [0.05, 0.1) is 0 Å². The van der Waals surface area contributed by atoms with Gasteiger partial charge in [-0.15, -0.1) is 0 Å². The standard InChI is InChI=1S/C7H10F2N2/c1-5(2)4-6(7(8)9)11-10-3/h4,7H,3H2,1-2H3/b11-6+. The van der Waals surface area contributed by atoms with Gasteiger partial charge in [0.25, 0.3) is 6.43 Å². The van der Waals surface area contributed by atoms with Gasteiger partial charge in [-0.2, -0.15) is 10.2 Å². The molecule has 0 aromatic rings. The molecule has 0 aromatic heterocycles. The van der Waals surface area contributed by atoms with E-state index in [-0.39, 0.29) is 5.71 Å². The lowest BCUT2D eigenvalue weighted by Gasteiger charge is -1.96. The summed E-state index contributed by atoms with van der Waals surface area (Å²) in [5.74, 6) is 0. The van der Waals surface area contributed by atoms with Gasteiger partial charge in [-0.25, -0.2) is 8.78 Å². The highest BCUT2D eigenvalue weighted by atomic mass is 19.3. The Kier molecular flexibility index (Phi) is 4.26. The van der Waals surface area contributed by atoms with Crippen LogP contribution in [0.15, 0.2) is 21.9 Å². The number of alkyl halides is 2. The average molecular weight is 160 g/mol. The minimum Gasteiger partial charge on any atom is -0.203 e. The van der Waals surface area contributed by atoms with Gasteiger partial charge >= 0.3 is 0 Å². The maximum atomic E-state index is 12.0. The molecule has 0 rings (SSSR count). The van der Waals surface area contributed by atoms with Crippen LogP contribution in [0.25, 0.3) is 0 Å². The summed E-state index contributed by atoms with van der Waals surface area (Å²) in [5, 5.41) is 6.19. The molecule has 0 amide bonds. The van der Waals surface area contributed by atoms with E-state index in [1.807, 2.05) is 0 Å². The number of nitrogens with zero attached hydrogens (tertiary/aromatic N) is 2. The van der Waals surface area contributed by atoms with Crippen molar-refractivity contribution in [1.82, 2.24) is 0 Å². The Balaban J connectivity index is 4.49. The van der Waals surface area contributed by atoms with E-state index in [4.69, 9.17) is 0 Å². The second-order valence-electron chi connectivity index (χ2n) is 2.19. The van der Waals surface area contributed by atoms with Crippen LogP contribution in [0, 0.1) is 0 Å². The van der Waals surface area contributed by atoms with Crippen molar-refractivity contribution in [2.24, 2.45) is 10.2 Å². The minimum atomic E-state index is -2.59. The van der Waals surface area contributed by atoms with Gasteiger partial charge in [0.1, 0.15) is 5.71 Å². The van der Waals surface area contributed by atoms with E-state index < -0.39 is 6.43 Å². The Hall–Kier alpha value is -1.06. The third-order valence-electron chi connectivity index (χ3n) is 0.846. The molecule has 62 valence electrons. The van der Waals surface area contributed by atoms with Gasteiger partial charge in [0, 0.05) is 6.72 Å². The molecule has 4 heteroatoms. The second kappa shape index (κ2) is 4.71. The summed E-state index contributed by atoms with van der Waals surface area (Å²) in [6.07, 6.45) is -1.31. The SMILES string of the molecule is C=N/N=C(\C=C(C)C)C(F)F. The predicted molar refractivity (Wildman–Crippen MR) is 42.4 cm³/mol. The van der Waals surface area contributed by atoms with E-state index in [1.54, 1.807) is 13.8 Å². The van der Waals surface area contributed by atoms with Crippen LogP contribution in [0.3, 0.4) is 0 Å². The monoisotopic (exact) mass is 160 g/mol. The summed E-state index contributed by atoms with van der Waals surface area (Å²) >= 11 is 0. The van der Waals surface area contributed by atoms with Crippen LogP contribution in [0.1, 0.15) is 13.8 Å². The maximum Gasteiger partial charge on any atom is 0.282 e. The fraction of sp³-hybridized carbons (Fsp3) is 0.429. The molecule has 0 bridgehead atoms. The Labute approximate surface area is 64.3 Å². The quantitative estimate of drug-likeness (QED) is 0.447. The molecular weight excluding hydrogens is 150 g/mol. The summed E-state index contributed by atoms with van der Waals surface area (Å²) in [6, 6.07) is 0. The highest BCUT2D eigenvalue weighted by Gasteiger charge is 2.09. The molecule has 0 unspecified atom stereocenters. The molecule has 0 aliphatic carbocycles. The van der Waals surface area contributed by atoms with E-state index in [0.29, 0.717) is 0 Å². The fourth-order valence-electron chi connectivity index (χ4n) is 0.513. The second-order valence-corrected chi connectivity index (χ2v) is 2.19. The number of halogens is 2. The summed E-state index contributed by atoms with van der Waals surface area (Å²) in [4.78, 5) is 0. The molecule has 0 N–H and O–H groups in total. The van der Waals surface area contributed by atoms with E-state index >= 15 is 0 Å². The topological polar surface area (TPSA) is 24.7 Å². The van der Waals surface area contributed by atoms with Crippen molar-refractivity contribution in [1.29, 1.82) is 0 Å². The van der Waals surface area contributed by atoms with Crippen LogP contribution in [-0.4, -0.2) is 18.9 Å².